The molecular formula is C16H32N2. The van der Waals surface area contributed by atoms with Gasteiger partial charge in [-0.25, -0.2) is 0 Å². The predicted octanol–water partition coefficient (Wildman–Crippen LogP) is 3.42. The molecule has 0 spiro atoms. The Morgan fingerprint density at radius 1 is 1.11 bits per heavy atom. The molecule has 2 fully saturated rings. The fourth-order valence-corrected chi connectivity index (χ4v) is 4.14. The Labute approximate surface area is 114 Å². The van der Waals surface area contributed by atoms with Gasteiger partial charge in [-0.1, -0.05) is 33.1 Å². The van der Waals surface area contributed by atoms with Crippen LogP contribution in [0.15, 0.2) is 0 Å². The molecular weight excluding hydrogens is 220 g/mol. The van der Waals surface area contributed by atoms with Crippen molar-refractivity contribution in [3.8, 4) is 0 Å². The van der Waals surface area contributed by atoms with Crippen molar-refractivity contribution in [2.75, 3.05) is 13.1 Å². The highest BCUT2D eigenvalue weighted by atomic mass is 15.2. The summed E-state index contributed by atoms with van der Waals surface area (Å²) in [5, 5.41) is 3.63. The van der Waals surface area contributed by atoms with Crippen LogP contribution in [0.1, 0.15) is 65.7 Å². The Hall–Kier alpha value is -0.0800. The topological polar surface area (TPSA) is 15.3 Å². The first kappa shape index (κ1) is 14.3. The molecule has 1 saturated heterocycles. The van der Waals surface area contributed by atoms with Gasteiger partial charge in [0.2, 0.25) is 0 Å². The smallest absolute Gasteiger partial charge is 0.0101 e. The van der Waals surface area contributed by atoms with Crippen LogP contribution in [0, 0.1) is 5.92 Å². The van der Waals surface area contributed by atoms with E-state index in [1.54, 1.807) is 0 Å². The van der Waals surface area contributed by atoms with E-state index in [0.717, 1.165) is 30.6 Å². The lowest BCUT2D eigenvalue weighted by molar-refractivity contribution is 0.0542. The lowest BCUT2D eigenvalue weighted by atomic mass is 9.82. The van der Waals surface area contributed by atoms with Gasteiger partial charge in [-0.15, -0.1) is 0 Å². The average Bonchev–Trinajstić information content (AvgIpc) is 2.39. The largest absolute Gasteiger partial charge is 0.314 e. The molecule has 0 aromatic rings. The van der Waals surface area contributed by atoms with E-state index in [1.165, 1.54) is 51.5 Å². The zero-order chi connectivity index (χ0) is 13.0. The van der Waals surface area contributed by atoms with E-state index >= 15 is 0 Å². The van der Waals surface area contributed by atoms with E-state index in [0.29, 0.717) is 0 Å². The van der Waals surface area contributed by atoms with Crippen LogP contribution in [-0.4, -0.2) is 36.1 Å². The van der Waals surface area contributed by atoms with Gasteiger partial charge in [0.1, 0.15) is 0 Å². The van der Waals surface area contributed by atoms with Crippen LogP contribution in [0.25, 0.3) is 0 Å². The maximum Gasteiger partial charge on any atom is 0.0101 e. The van der Waals surface area contributed by atoms with Gasteiger partial charge < -0.3 is 5.32 Å². The molecule has 106 valence electrons. The maximum atomic E-state index is 3.63. The van der Waals surface area contributed by atoms with Crippen LogP contribution in [0.5, 0.6) is 0 Å². The lowest BCUT2D eigenvalue weighted by Crippen LogP contribution is -2.52. The SMILES string of the molecule is CCNC1CCN(C2CCCC(CC)C2)C(C)C1. The summed E-state index contributed by atoms with van der Waals surface area (Å²) in [7, 11) is 0. The summed E-state index contributed by atoms with van der Waals surface area (Å²) in [5.74, 6) is 1.00. The standard InChI is InChI=1S/C16H32N2/c1-4-14-7-6-8-16(12-14)18-10-9-15(17-5-2)11-13(18)3/h13-17H,4-12H2,1-3H3. The third-order valence-corrected chi connectivity index (χ3v) is 5.22. The molecule has 0 aromatic carbocycles. The van der Waals surface area contributed by atoms with Crippen molar-refractivity contribution in [3.05, 3.63) is 0 Å². The van der Waals surface area contributed by atoms with Gasteiger partial charge in [-0.2, -0.15) is 0 Å². The molecule has 1 saturated carbocycles. The van der Waals surface area contributed by atoms with E-state index in [1.807, 2.05) is 0 Å². The second-order valence-electron chi connectivity index (χ2n) is 6.46. The molecule has 1 aliphatic carbocycles. The van der Waals surface area contributed by atoms with E-state index in [2.05, 4.69) is 31.0 Å². The second-order valence-corrected chi connectivity index (χ2v) is 6.46. The first-order valence-corrected chi connectivity index (χ1v) is 8.23. The summed E-state index contributed by atoms with van der Waals surface area (Å²) in [6.07, 6.45) is 9.95. The number of likely N-dealkylation sites (tertiary alicyclic amines) is 1. The number of piperidine rings is 1. The molecule has 4 unspecified atom stereocenters. The minimum Gasteiger partial charge on any atom is -0.314 e. The van der Waals surface area contributed by atoms with Gasteiger partial charge in [0.25, 0.3) is 0 Å². The fraction of sp³-hybridized carbons (Fsp3) is 1.00. The number of nitrogens with one attached hydrogen (secondary N) is 1. The van der Waals surface area contributed by atoms with Gasteiger partial charge in [-0.05, 0) is 45.1 Å². The van der Waals surface area contributed by atoms with Crippen molar-refractivity contribution in [2.45, 2.75) is 83.8 Å². The summed E-state index contributed by atoms with van der Waals surface area (Å²) in [5.41, 5.74) is 0. The van der Waals surface area contributed by atoms with Gasteiger partial charge in [0, 0.05) is 24.7 Å². The zero-order valence-electron chi connectivity index (χ0n) is 12.6. The minimum absolute atomic E-state index is 0.770. The Balaban J connectivity index is 1.85. The molecule has 18 heavy (non-hydrogen) atoms. The highest BCUT2D eigenvalue weighted by Gasteiger charge is 2.32. The Bertz CT molecular complexity index is 241. The van der Waals surface area contributed by atoms with E-state index in [-0.39, 0.29) is 0 Å². The summed E-state index contributed by atoms with van der Waals surface area (Å²) in [4.78, 5) is 2.83. The third kappa shape index (κ3) is 3.48. The first-order chi connectivity index (χ1) is 8.74. The fourth-order valence-electron chi connectivity index (χ4n) is 4.14. The van der Waals surface area contributed by atoms with Gasteiger partial charge in [-0.3, -0.25) is 4.90 Å². The minimum atomic E-state index is 0.770. The Morgan fingerprint density at radius 3 is 2.61 bits per heavy atom. The average molecular weight is 252 g/mol. The van der Waals surface area contributed by atoms with Gasteiger partial charge in [0.05, 0.1) is 0 Å². The first-order valence-electron chi connectivity index (χ1n) is 8.23. The van der Waals surface area contributed by atoms with Crippen molar-refractivity contribution >= 4 is 0 Å². The van der Waals surface area contributed by atoms with Crippen LogP contribution >= 0.6 is 0 Å². The highest BCUT2D eigenvalue weighted by molar-refractivity contribution is 4.89. The zero-order valence-corrected chi connectivity index (χ0v) is 12.6. The Morgan fingerprint density at radius 2 is 1.94 bits per heavy atom. The molecule has 2 nitrogen and oxygen atoms in total. The van der Waals surface area contributed by atoms with Gasteiger partial charge >= 0.3 is 0 Å². The molecule has 2 rings (SSSR count). The number of hydrogen-bond donors (Lipinski definition) is 1. The lowest BCUT2D eigenvalue weighted by Gasteiger charge is -2.45. The maximum absolute atomic E-state index is 3.63. The monoisotopic (exact) mass is 252 g/mol. The summed E-state index contributed by atoms with van der Waals surface area (Å²) >= 11 is 0. The van der Waals surface area contributed by atoms with Crippen LogP contribution in [-0.2, 0) is 0 Å². The molecule has 0 amide bonds. The predicted molar refractivity (Wildman–Crippen MR) is 78.9 cm³/mol. The highest BCUT2D eigenvalue weighted by Crippen LogP contribution is 2.32. The Kier molecular flexibility index (Phi) is 5.50. The van der Waals surface area contributed by atoms with Crippen molar-refractivity contribution < 1.29 is 0 Å². The molecule has 0 aromatic heterocycles. The molecule has 2 heteroatoms. The van der Waals surface area contributed by atoms with Crippen LogP contribution in [0.4, 0.5) is 0 Å². The summed E-state index contributed by atoms with van der Waals surface area (Å²) < 4.78 is 0. The van der Waals surface area contributed by atoms with Crippen molar-refractivity contribution in [3.63, 3.8) is 0 Å². The van der Waals surface area contributed by atoms with Crippen molar-refractivity contribution in [2.24, 2.45) is 5.92 Å². The van der Waals surface area contributed by atoms with E-state index in [9.17, 15) is 0 Å². The molecule has 0 radical (unpaired) electrons. The quantitative estimate of drug-likeness (QED) is 0.825. The van der Waals surface area contributed by atoms with Crippen LogP contribution in [0.3, 0.4) is 0 Å². The molecule has 0 bridgehead atoms. The van der Waals surface area contributed by atoms with Crippen molar-refractivity contribution in [1.29, 1.82) is 0 Å². The molecule has 2 aliphatic rings. The van der Waals surface area contributed by atoms with Crippen LogP contribution < -0.4 is 5.32 Å². The normalized spacial score (nSPS) is 38.8. The number of rotatable bonds is 4. The van der Waals surface area contributed by atoms with Gasteiger partial charge in [0.15, 0.2) is 0 Å². The summed E-state index contributed by atoms with van der Waals surface area (Å²) in [6, 6.07) is 2.44. The van der Waals surface area contributed by atoms with Crippen molar-refractivity contribution in [1.82, 2.24) is 10.2 Å². The third-order valence-electron chi connectivity index (χ3n) is 5.22. The molecule has 1 heterocycles. The van der Waals surface area contributed by atoms with E-state index in [4.69, 9.17) is 0 Å². The summed E-state index contributed by atoms with van der Waals surface area (Å²) in [6.45, 7) is 9.48. The van der Waals surface area contributed by atoms with E-state index < -0.39 is 0 Å². The molecule has 1 aliphatic heterocycles. The van der Waals surface area contributed by atoms with Crippen LogP contribution in [0.2, 0.25) is 0 Å². The second kappa shape index (κ2) is 6.91. The molecule has 1 N–H and O–H groups in total. The molecule has 4 atom stereocenters. The number of nitrogens with zero attached hydrogens (tertiary/aromatic N) is 1. The number of hydrogen-bond acceptors (Lipinski definition) is 2.